The van der Waals surface area contributed by atoms with Gasteiger partial charge in [0.25, 0.3) is 5.91 Å². The number of hydrogen-bond donors (Lipinski definition) is 2. The summed E-state index contributed by atoms with van der Waals surface area (Å²) in [7, 11) is 1.44. The van der Waals surface area contributed by atoms with Gasteiger partial charge < -0.3 is 15.2 Å². The lowest BCUT2D eigenvalue weighted by molar-refractivity contribution is -0.132. The molecule has 0 aromatic heterocycles. The third-order valence-corrected chi connectivity index (χ3v) is 4.37. The Morgan fingerprint density at radius 1 is 1.30 bits per heavy atom. The summed E-state index contributed by atoms with van der Waals surface area (Å²) >= 11 is 0. The highest BCUT2D eigenvalue weighted by Gasteiger charge is 2.51. The molecule has 1 saturated heterocycles. The molecule has 2 aliphatic rings. The number of nitrogens with one attached hydrogen (secondary N) is 1. The lowest BCUT2D eigenvalue weighted by atomic mass is 9.82. The molecule has 3 rings (SSSR count). The van der Waals surface area contributed by atoms with Crippen LogP contribution in [0.4, 0.5) is 4.79 Å². The highest BCUT2D eigenvalue weighted by Crippen LogP contribution is 2.33. The Labute approximate surface area is 133 Å². The minimum atomic E-state index is -0.778. The number of urea groups is 1. The van der Waals surface area contributed by atoms with Gasteiger partial charge in [-0.15, -0.1) is 5.01 Å². The molecule has 1 saturated carbocycles. The molecule has 2 N–H and O–H groups in total. The average molecular weight is 317 g/mol. The lowest BCUT2D eigenvalue weighted by Crippen LogP contribution is -2.48. The number of methoxy groups -OCH3 is 1. The summed E-state index contributed by atoms with van der Waals surface area (Å²) in [4.78, 5) is 24.6. The fourth-order valence-corrected chi connectivity index (χ4v) is 3.10. The first-order chi connectivity index (χ1) is 11.1. The summed E-state index contributed by atoms with van der Waals surface area (Å²) < 4.78 is 5.02. The SMILES string of the molecule is COc1cc(/C=N/N2C(=O)NC3(CCCCC3)C2=O)ccc1O. The van der Waals surface area contributed by atoms with Gasteiger partial charge in [0.2, 0.25) is 0 Å². The van der Waals surface area contributed by atoms with E-state index in [2.05, 4.69) is 10.4 Å². The Hall–Kier alpha value is -2.57. The molecule has 1 aromatic rings. The van der Waals surface area contributed by atoms with Gasteiger partial charge >= 0.3 is 6.03 Å². The molecule has 0 unspecified atom stereocenters. The summed E-state index contributed by atoms with van der Waals surface area (Å²) in [5.41, 5.74) is -0.163. The maximum absolute atomic E-state index is 12.6. The molecule has 1 aromatic carbocycles. The third-order valence-electron chi connectivity index (χ3n) is 4.37. The number of phenolic OH excluding ortho intramolecular Hbond substituents is 1. The summed E-state index contributed by atoms with van der Waals surface area (Å²) in [6.45, 7) is 0. The molecular weight excluding hydrogens is 298 g/mol. The molecule has 1 aliphatic carbocycles. The van der Waals surface area contributed by atoms with Crippen LogP contribution >= 0.6 is 0 Å². The summed E-state index contributed by atoms with van der Waals surface area (Å²) in [5, 5.41) is 17.3. The van der Waals surface area contributed by atoms with E-state index in [4.69, 9.17) is 4.74 Å². The number of imide groups is 1. The lowest BCUT2D eigenvalue weighted by Gasteiger charge is -2.29. The van der Waals surface area contributed by atoms with Crippen LogP contribution in [0.2, 0.25) is 0 Å². The van der Waals surface area contributed by atoms with E-state index >= 15 is 0 Å². The first-order valence-corrected chi connectivity index (χ1v) is 7.63. The number of nitrogens with zero attached hydrogens (tertiary/aromatic N) is 2. The molecule has 23 heavy (non-hydrogen) atoms. The van der Waals surface area contributed by atoms with Crippen molar-refractivity contribution in [2.45, 2.75) is 37.6 Å². The molecule has 1 spiro atoms. The van der Waals surface area contributed by atoms with Crippen LogP contribution in [0.3, 0.4) is 0 Å². The molecule has 7 heteroatoms. The van der Waals surface area contributed by atoms with Gasteiger partial charge in [0, 0.05) is 0 Å². The molecule has 2 fully saturated rings. The minimum Gasteiger partial charge on any atom is -0.504 e. The van der Waals surface area contributed by atoms with Crippen molar-refractivity contribution in [3.63, 3.8) is 0 Å². The van der Waals surface area contributed by atoms with E-state index in [0.29, 0.717) is 24.2 Å². The molecule has 3 amide bonds. The Balaban J connectivity index is 1.79. The Kier molecular flexibility index (Phi) is 3.94. The maximum Gasteiger partial charge on any atom is 0.346 e. The zero-order chi connectivity index (χ0) is 16.4. The van der Waals surface area contributed by atoms with Crippen LogP contribution in [-0.2, 0) is 4.79 Å². The zero-order valence-electron chi connectivity index (χ0n) is 12.9. The van der Waals surface area contributed by atoms with Gasteiger partial charge in [-0.2, -0.15) is 5.10 Å². The Morgan fingerprint density at radius 2 is 2.04 bits per heavy atom. The molecule has 0 atom stereocenters. The second-order valence-electron chi connectivity index (χ2n) is 5.87. The van der Waals surface area contributed by atoms with E-state index in [-0.39, 0.29) is 11.7 Å². The third kappa shape index (κ3) is 2.74. The molecule has 1 aliphatic heterocycles. The van der Waals surface area contributed by atoms with E-state index in [9.17, 15) is 14.7 Å². The van der Waals surface area contributed by atoms with E-state index in [1.807, 2.05) is 0 Å². The van der Waals surface area contributed by atoms with Crippen LogP contribution in [0.1, 0.15) is 37.7 Å². The number of amides is 3. The molecule has 122 valence electrons. The number of carbonyl (C=O) groups is 2. The van der Waals surface area contributed by atoms with Gasteiger partial charge in [0.1, 0.15) is 5.54 Å². The van der Waals surface area contributed by atoms with Crippen molar-refractivity contribution in [2.24, 2.45) is 5.10 Å². The second-order valence-corrected chi connectivity index (χ2v) is 5.87. The van der Waals surface area contributed by atoms with Gasteiger partial charge in [-0.25, -0.2) is 4.79 Å². The Morgan fingerprint density at radius 3 is 2.74 bits per heavy atom. The van der Waals surface area contributed by atoms with Crippen molar-refractivity contribution in [3.05, 3.63) is 23.8 Å². The van der Waals surface area contributed by atoms with E-state index in [1.54, 1.807) is 12.1 Å². The fourth-order valence-electron chi connectivity index (χ4n) is 3.10. The van der Waals surface area contributed by atoms with Crippen molar-refractivity contribution < 1.29 is 19.4 Å². The number of hydrazone groups is 1. The van der Waals surface area contributed by atoms with Crippen LogP contribution in [0, 0.1) is 0 Å². The largest absolute Gasteiger partial charge is 0.504 e. The van der Waals surface area contributed by atoms with Gasteiger partial charge in [0.15, 0.2) is 11.5 Å². The van der Waals surface area contributed by atoms with Gasteiger partial charge in [0.05, 0.1) is 13.3 Å². The predicted molar refractivity (Wildman–Crippen MR) is 83.4 cm³/mol. The Bertz CT molecular complexity index is 665. The number of carbonyl (C=O) groups excluding carboxylic acids is 2. The van der Waals surface area contributed by atoms with Crippen molar-refractivity contribution in [3.8, 4) is 11.5 Å². The van der Waals surface area contributed by atoms with Crippen LogP contribution in [0.15, 0.2) is 23.3 Å². The van der Waals surface area contributed by atoms with Crippen LogP contribution < -0.4 is 10.1 Å². The minimum absolute atomic E-state index is 0.0146. The van der Waals surface area contributed by atoms with Crippen LogP contribution in [-0.4, -0.2) is 40.9 Å². The number of rotatable bonds is 3. The maximum atomic E-state index is 12.6. The smallest absolute Gasteiger partial charge is 0.346 e. The fraction of sp³-hybridized carbons (Fsp3) is 0.438. The number of hydrogen-bond acceptors (Lipinski definition) is 5. The normalized spacial score (nSPS) is 20.3. The standard InChI is InChI=1S/C16H19N3O4/c1-23-13-9-11(5-6-12(13)20)10-17-19-14(21)16(18-15(19)22)7-3-2-4-8-16/h5-6,9-10,20H,2-4,7-8H2,1H3,(H,18,22)/b17-10+. The zero-order valence-corrected chi connectivity index (χ0v) is 12.9. The van der Waals surface area contributed by atoms with Crippen molar-refractivity contribution in [1.29, 1.82) is 0 Å². The van der Waals surface area contributed by atoms with E-state index < -0.39 is 11.6 Å². The van der Waals surface area contributed by atoms with Crippen molar-refractivity contribution >= 4 is 18.2 Å². The molecule has 0 radical (unpaired) electrons. The number of ether oxygens (including phenoxy) is 1. The van der Waals surface area contributed by atoms with Crippen LogP contribution in [0.5, 0.6) is 11.5 Å². The highest BCUT2D eigenvalue weighted by atomic mass is 16.5. The number of aromatic hydroxyl groups is 1. The molecule has 0 bridgehead atoms. The first-order valence-electron chi connectivity index (χ1n) is 7.63. The topological polar surface area (TPSA) is 91.2 Å². The first kappa shape index (κ1) is 15.3. The van der Waals surface area contributed by atoms with E-state index in [1.165, 1.54) is 19.4 Å². The summed E-state index contributed by atoms with van der Waals surface area (Å²) in [6, 6.07) is 4.18. The summed E-state index contributed by atoms with van der Waals surface area (Å²) in [6.07, 6.45) is 5.67. The second kappa shape index (κ2) is 5.91. The summed E-state index contributed by atoms with van der Waals surface area (Å²) in [5.74, 6) is 0.0277. The quantitative estimate of drug-likeness (QED) is 0.659. The molecule has 1 heterocycles. The molecular formula is C16H19N3O4. The predicted octanol–water partition coefficient (Wildman–Crippen LogP) is 1.99. The monoisotopic (exact) mass is 317 g/mol. The van der Waals surface area contributed by atoms with Gasteiger partial charge in [-0.3, -0.25) is 4.79 Å². The number of benzene rings is 1. The van der Waals surface area contributed by atoms with Crippen molar-refractivity contribution in [1.82, 2.24) is 10.3 Å². The highest BCUT2D eigenvalue weighted by molar-refractivity contribution is 6.07. The van der Waals surface area contributed by atoms with Crippen LogP contribution in [0.25, 0.3) is 0 Å². The van der Waals surface area contributed by atoms with Gasteiger partial charge in [-0.05, 0) is 36.6 Å². The molecule has 7 nitrogen and oxygen atoms in total. The van der Waals surface area contributed by atoms with Crippen molar-refractivity contribution in [2.75, 3.05) is 7.11 Å². The van der Waals surface area contributed by atoms with Gasteiger partial charge in [-0.1, -0.05) is 19.3 Å². The average Bonchev–Trinajstić information content (AvgIpc) is 2.78. The van der Waals surface area contributed by atoms with E-state index in [0.717, 1.165) is 24.3 Å². The number of phenols is 1.